The first-order chi connectivity index (χ1) is 13.5. The van der Waals surface area contributed by atoms with Crippen LogP contribution in [0.15, 0.2) is 53.4 Å². The highest BCUT2D eigenvalue weighted by Crippen LogP contribution is 2.30. The molecule has 28 heavy (non-hydrogen) atoms. The molecule has 1 saturated carbocycles. The van der Waals surface area contributed by atoms with E-state index in [1.807, 2.05) is 24.3 Å². The van der Waals surface area contributed by atoms with Crippen LogP contribution < -0.4 is 10.6 Å². The van der Waals surface area contributed by atoms with Crippen molar-refractivity contribution >= 4 is 40.9 Å². The summed E-state index contributed by atoms with van der Waals surface area (Å²) in [6.07, 6.45) is 1.95. The van der Waals surface area contributed by atoms with Crippen LogP contribution in [0.2, 0.25) is 0 Å². The van der Waals surface area contributed by atoms with Crippen LogP contribution in [0, 0.1) is 5.92 Å². The fraction of sp³-hybridized carbons (Fsp3) is 0.286. The summed E-state index contributed by atoms with van der Waals surface area (Å²) in [7, 11) is 0. The quantitative estimate of drug-likeness (QED) is 0.520. The van der Waals surface area contributed by atoms with Crippen molar-refractivity contribution in [3.05, 3.63) is 54.1 Å². The van der Waals surface area contributed by atoms with E-state index in [4.69, 9.17) is 4.74 Å². The Balaban J connectivity index is 1.44. The highest BCUT2D eigenvalue weighted by molar-refractivity contribution is 8.00. The third-order valence-corrected chi connectivity index (χ3v) is 5.13. The van der Waals surface area contributed by atoms with Gasteiger partial charge in [0.2, 0.25) is 11.8 Å². The zero-order valence-corrected chi connectivity index (χ0v) is 16.4. The lowest BCUT2D eigenvalue weighted by Crippen LogP contribution is -2.14. The second-order valence-electron chi connectivity index (χ2n) is 6.42. The van der Waals surface area contributed by atoms with Crippen LogP contribution in [0.5, 0.6) is 0 Å². The highest BCUT2D eigenvalue weighted by Gasteiger charge is 2.29. The van der Waals surface area contributed by atoms with E-state index >= 15 is 0 Å². The van der Waals surface area contributed by atoms with E-state index < -0.39 is 0 Å². The zero-order chi connectivity index (χ0) is 19.9. The number of carbonyl (C=O) groups excluding carboxylic acids is 3. The normalized spacial score (nSPS) is 12.9. The lowest BCUT2D eigenvalue weighted by Gasteiger charge is -2.08. The fourth-order valence-electron chi connectivity index (χ4n) is 2.47. The number of hydrogen-bond acceptors (Lipinski definition) is 5. The number of nitrogens with one attached hydrogen (secondary N) is 2. The molecule has 1 aliphatic carbocycles. The van der Waals surface area contributed by atoms with E-state index in [1.165, 1.54) is 11.8 Å². The predicted molar refractivity (Wildman–Crippen MR) is 110 cm³/mol. The molecular weight excluding hydrogens is 376 g/mol. The van der Waals surface area contributed by atoms with Crippen molar-refractivity contribution in [2.24, 2.45) is 5.92 Å². The maximum Gasteiger partial charge on any atom is 0.338 e. The van der Waals surface area contributed by atoms with Crippen LogP contribution in [-0.2, 0) is 14.3 Å². The zero-order valence-electron chi connectivity index (χ0n) is 15.6. The summed E-state index contributed by atoms with van der Waals surface area (Å²) < 4.78 is 4.93. The molecule has 2 aromatic carbocycles. The molecule has 0 aliphatic heterocycles. The summed E-state index contributed by atoms with van der Waals surface area (Å²) in [5.41, 5.74) is 1.84. The van der Waals surface area contributed by atoms with Gasteiger partial charge in [-0.25, -0.2) is 4.79 Å². The largest absolute Gasteiger partial charge is 0.462 e. The van der Waals surface area contributed by atoms with Gasteiger partial charge in [0.15, 0.2) is 0 Å². The number of carbonyl (C=O) groups is 3. The lowest BCUT2D eigenvalue weighted by atomic mass is 10.2. The van der Waals surface area contributed by atoms with Gasteiger partial charge in [-0.15, -0.1) is 11.8 Å². The molecule has 0 bridgehead atoms. The molecule has 0 aromatic heterocycles. The fourth-order valence-corrected chi connectivity index (χ4v) is 3.17. The van der Waals surface area contributed by atoms with Gasteiger partial charge in [0, 0.05) is 22.2 Å². The van der Waals surface area contributed by atoms with Crippen molar-refractivity contribution in [2.45, 2.75) is 24.7 Å². The van der Waals surface area contributed by atoms with E-state index in [0.717, 1.165) is 23.4 Å². The lowest BCUT2D eigenvalue weighted by molar-refractivity contribution is -0.117. The number of benzene rings is 2. The summed E-state index contributed by atoms with van der Waals surface area (Å²) in [5.74, 6) is -0.0153. The standard InChI is InChI=1S/C21H22N2O4S/c1-2-27-21(26)15-5-7-16(8-6-15)22-19(24)13-28-18-11-9-17(10-12-18)23-20(25)14-3-4-14/h5-12,14H,2-4,13H2,1H3,(H,22,24)(H,23,25). The molecule has 2 N–H and O–H groups in total. The average Bonchev–Trinajstić information content (AvgIpc) is 3.54. The molecule has 0 unspecified atom stereocenters. The van der Waals surface area contributed by atoms with Crippen LogP contribution in [0.4, 0.5) is 11.4 Å². The number of anilines is 2. The SMILES string of the molecule is CCOC(=O)c1ccc(NC(=O)CSc2ccc(NC(=O)C3CC3)cc2)cc1. The Bertz CT molecular complexity index is 846. The molecule has 6 nitrogen and oxygen atoms in total. The van der Waals surface area contributed by atoms with Crippen molar-refractivity contribution in [1.29, 1.82) is 0 Å². The Morgan fingerprint density at radius 1 is 0.964 bits per heavy atom. The van der Waals surface area contributed by atoms with Gasteiger partial charge in [0.05, 0.1) is 17.9 Å². The van der Waals surface area contributed by atoms with Crippen molar-refractivity contribution in [2.75, 3.05) is 23.0 Å². The molecule has 1 aliphatic rings. The van der Waals surface area contributed by atoms with E-state index in [0.29, 0.717) is 17.9 Å². The van der Waals surface area contributed by atoms with Crippen molar-refractivity contribution < 1.29 is 19.1 Å². The third-order valence-electron chi connectivity index (χ3n) is 4.12. The van der Waals surface area contributed by atoms with Crippen LogP contribution in [0.1, 0.15) is 30.1 Å². The third kappa shape index (κ3) is 5.85. The minimum Gasteiger partial charge on any atom is -0.462 e. The molecule has 3 rings (SSSR count). The summed E-state index contributed by atoms with van der Waals surface area (Å²) in [6, 6.07) is 14.0. The first-order valence-electron chi connectivity index (χ1n) is 9.16. The molecule has 2 amide bonds. The second-order valence-corrected chi connectivity index (χ2v) is 7.47. The second kappa shape index (κ2) is 9.41. The number of hydrogen-bond donors (Lipinski definition) is 2. The monoisotopic (exact) mass is 398 g/mol. The number of rotatable bonds is 8. The summed E-state index contributed by atoms with van der Waals surface area (Å²) in [6.45, 7) is 2.07. The molecule has 146 valence electrons. The molecule has 0 radical (unpaired) electrons. The molecule has 1 fully saturated rings. The topological polar surface area (TPSA) is 84.5 Å². The first kappa shape index (κ1) is 19.9. The van der Waals surface area contributed by atoms with Gasteiger partial charge in [-0.3, -0.25) is 9.59 Å². The molecule has 7 heteroatoms. The number of esters is 1. The Kier molecular flexibility index (Phi) is 6.71. The smallest absolute Gasteiger partial charge is 0.338 e. The molecular formula is C21H22N2O4S. The summed E-state index contributed by atoms with van der Waals surface area (Å²) >= 11 is 1.41. The van der Waals surface area contributed by atoms with Gasteiger partial charge >= 0.3 is 5.97 Å². The maximum atomic E-state index is 12.1. The van der Waals surface area contributed by atoms with Gasteiger partial charge in [-0.05, 0) is 68.3 Å². The van der Waals surface area contributed by atoms with Crippen LogP contribution in [-0.4, -0.2) is 30.1 Å². The molecule has 0 atom stereocenters. The van der Waals surface area contributed by atoms with Crippen LogP contribution in [0.25, 0.3) is 0 Å². The molecule has 2 aromatic rings. The van der Waals surface area contributed by atoms with E-state index in [2.05, 4.69) is 10.6 Å². The van der Waals surface area contributed by atoms with Crippen LogP contribution >= 0.6 is 11.8 Å². The summed E-state index contributed by atoms with van der Waals surface area (Å²) in [4.78, 5) is 36.4. The van der Waals surface area contributed by atoms with Crippen molar-refractivity contribution in [1.82, 2.24) is 0 Å². The van der Waals surface area contributed by atoms with E-state index in [-0.39, 0.29) is 29.5 Å². The number of amides is 2. The average molecular weight is 398 g/mol. The van der Waals surface area contributed by atoms with E-state index in [9.17, 15) is 14.4 Å². The number of thioether (sulfide) groups is 1. The first-order valence-corrected chi connectivity index (χ1v) is 10.1. The van der Waals surface area contributed by atoms with E-state index in [1.54, 1.807) is 31.2 Å². The van der Waals surface area contributed by atoms with Gasteiger partial charge in [0.25, 0.3) is 0 Å². The predicted octanol–water partition coefficient (Wildman–Crippen LogP) is 3.94. The molecule has 0 spiro atoms. The highest BCUT2D eigenvalue weighted by atomic mass is 32.2. The number of ether oxygens (including phenoxy) is 1. The Labute approximate surface area is 168 Å². The minimum atomic E-state index is -0.382. The Hall–Kier alpha value is -2.80. The summed E-state index contributed by atoms with van der Waals surface area (Å²) in [5, 5.41) is 5.69. The Morgan fingerprint density at radius 2 is 1.57 bits per heavy atom. The van der Waals surface area contributed by atoms with Gasteiger partial charge in [-0.2, -0.15) is 0 Å². The van der Waals surface area contributed by atoms with Gasteiger partial charge in [-0.1, -0.05) is 0 Å². The molecule has 0 heterocycles. The van der Waals surface area contributed by atoms with Crippen molar-refractivity contribution in [3.8, 4) is 0 Å². The maximum absolute atomic E-state index is 12.1. The van der Waals surface area contributed by atoms with Crippen molar-refractivity contribution in [3.63, 3.8) is 0 Å². The van der Waals surface area contributed by atoms with Gasteiger partial charge < -0.3 is 15.4 Å². The minimum absolute atomic E-state index is 0.0776. The van der Waals surface area contributed by atoms with Gasteiger partial charge in [0.1, 0.15) is 0 Å². The van der Waals surface area contributed by atoms with Crippen LogP contribution in [0.3, 0.4) is 0 Å². The molecule has 0 saturated heterocycles. The Morgan fingerprint density at radius 3 is 2.18 bits per heavy atom.